The Morgan fingerprint density at radius 2 is 1.34 bits per heavy atom. The summed E-state index contributed by atoms with van der Waals surface area (Å²) in [5.74, 6) is 6.61. The first-order valence-corrected chi connectivity index (χ1v) is 12.6. The van der Waals surface area contributed by atoms with Crippen molar-refractivity contribution in [2.24, 2.45) is 0 Å². The molecule has 146 valence electrons. The van der Waals surface area contributed by atoms with Crippen molar-refractivity contribution in [2.75, 3.05) is 0 Å². The van der Waals surface area contributed by atoms with E-state index in [9.17, 15) is 5.11 Å². The third kappa shape index (κ3) is 4.59. The van der Waals surface area contributed by atoms with Crippen molar-refractivity contribution in [2.45, 2.75) is 31.0 Å². The van der Waals surface area contributed by atoms with Crippen molar-refractivity contribution >= 4 is 18.4 Å². The third-order valence-corrected chi connectivity index (χ3v) is 10.7. The maximum atomic E-state index is 12.2. The van der Waals surface area contributed by atoms with Gasteiger partial charge in [0, 0.05) is 5.56 Å². The van der Waals surface area contributed by atoms with Gasteiger partial charge < -0.3 is 5.11 Å². The summed E-state index contributed by atoms with van der Waals surface area (Å²) in [7, 11) is -2.61. The molecule has 0 saturated heterocycles. The molecule has 0 saturated carbocycles. The fourth-order valence-corrected chi connectivity index (χ4v) is 7.82. The SMILES string of the molecule is C=CCCC[C@](O)(C#Cc1ccccc1)[Si](C)(c1ccccc1)c1ccccc1. The van der Waals surface area contributed by atoms with Crippen LogP contribution in [0.3, 0.4) is 0 Å². The first-order valence-electron chi connectivity index (χ1n) is 10.1. The molecule has 0 heterocycles. The van der Waals surface area contributed by atoms with Crippen LogP contribution in [0.5, 0.6) is 0 Å². The van der Waals surface area contributed by atoms with Crippen LogP contribution in [0.2, 0.25) is 6.55 Å². The number of unbranched alkanes of at least 4 members (excludes halogenated alkanes) is 1. The Balaban J connectivity index is 2.17. The maximum Gasteiger partial charge on any atom is 0.164 e. The maximum absolute atomic E-state index is 12.2. The molecule has 0 bridgehead atoms. The van der Waals surface area contributed by atoms with E-state index in [1.54, 1.807) is 0 Å². The normalized spacial score (nSPS) is 13.0. The topological polar surface area (TPSA) is 20.2 Å². The van der Waals surface area contributed by atoms with Crippen LogP contribution in [0.1, 0.15) is 24.8 Å². The molecule has 1 N–H and O–H groups in total. The standard InChI is InChI=1S/C27H28OSi/c1-3-4-14-22-27(28,23-21-24-15-8-5-9-16-24)29(2,25-17-10-6-11-18-25)26-19-12-7-13-20-26/h3,5-13,15-20,28H,1,4,14,22H2,2H3/t27-/m1/s1. The van der Waals surface area contributed by atoms with Crippen molar-refractivity contribution in [1.29, 1.82) is 0 Å². The van der Waals surface area contributed by atoms with E-state index in [-0.39, 0.29) is 0 Å². The van der Waals surface area contributed by atoms with Crippen LogP contribution in [-0.2, 0) is 0 Å². The Morgan fingerprint density at radius 1 is 0.862 bits per heavy atom. The second-order valence-electron chi connectivity index (χ2n) is 7.51. The van der Waals surface area contributed by atoms with Crippen LogP contribution in [0, 0.1) is 11.8 Å². The summed E-state index contributed by atoms with van der Waals surface area (Å²) in [6.07, 6.45) is 4.25. The van der Waals surface area contributed by atoms with Gasteiger partial charge in [-0.15, -0.1) is 6.58 Å². The number of aliphatic hydroxyl groups is 1. The summed E-state index contributed by atoms with van der Waals surface area (Å²) in [6.45, 7) is 6.09. The predicted octanol–water partition coefficient (Wildman–Crippen LogP) is 4.56. The van der Waals surface area contributed by atoms with Gasteiger partial charge in [-0.05, 0) is 31.4 Å². The molecule has 3 rings (SSSR count). The van der Waals surface area contributed by atoms with Crippen LogP contribution in [0.25, 0.3) is 0 Å². The van der Waals surface area contributed by atoms with Gasteiger partial charge in [0.1, 0.15) is 5.22 Å². The summed E-state index contributed by atoms with van der Waals surface area (Å²) >= 11 is 0. The average Bonchev–Trinajstić information content (AvgIpc) is 2.79. The highest BCUT2D eigenvalue weighted by atomic mass is 28.3. The van der Waals surface area contributed by atoms with Crippen LogP contribution in [-0.4, -0.2) is 18.4 Å². The molecule has 0 spiro atoms. The molecule has 1 atom stereocenters. The van der Waals surface area contributed by atoms with Gasteiger partial charge in [0.05, 0.1) is 0 Å². The fraction of sp³-hybridized carbons (Fsp3) is 0.185. The summed E-state index contributed by atoms with van der Waals surface area (Å²) in [5.41, 5.74) is 0.923. The molecular weight excluding hydrogens is 368 g/mol. The highest BCUT2D eigenvalue weighted by molar-refractivity contribution is 7.03. The molecule has 0 unspecified atom stereocenters. The second kappa shape index (κ2) is 9.56. The second-order valence-corrected chi connectivity index (χ2v) is 11.7. The molecule has 0 radical (unpaired) electrons. The molecular formula is C27H28OSi. The zero-order valence-corrected chi connectivity index (χ0v) is 18.0. The number of allylic oxidation sites excluding steroid dienone is 1. The van der Waals surface area contributed by atoms with E-state index < -0.39 is 13.3 Å². The van der Waals surface area contributed by atoms with Crippen LogP contribution >= 0.6 is 0 Å². The molecule has 3 aromatic rings. The molecule has 0 amide bonds. The Kier molecular flexibility index (Phi) is 6.88. The summed E-state index contributed by atoms with van der Waals surface area (Å²) in [6, 6.07) is 30.7. The van der Waals surface area contributed by atoms with E-state index in [0.29, 0.717) is 6.42 Å². The third-order valence-electron chi connectivity index (χ3n) is 5.66. The highest BCUT2D eigenvalue weighted by Gasteiger charge is 2.50. The first-order chi connectivity index (χ1) is 14.1. The lowest BCUT2D eigenvalue weighted by Gasteiger charge is -2.41. The Morgan fingerprint density at radius 3 is 1.83 bits per heavy atom. The number of hydrogen-bond donors (Lipinski definition) is 1. The molecule has 0 aliphatic heterocycles. The Hall–Kier alpha value is -2.86. The van der Waals surface area contributed by atoms with E-state index in [0.717, 1.165) is 18.4 Å². The van der Waals surface area contributed by atoms with Gasteiger partial charge in [-0.3, -0.25) is 0 Å². The van der Waals surface area contributed by atoms with Gasteiger partial charge in [-0.2, -0.15) is 0 Å². The van der Waals surface area contributed by atoms with E-state index in [1.165, 1.54) is 10.4 Å². The lowest BCUT2D eigenvalue weighted by molar-refractivity contribution is 0.165. The predicted molar refractivity (Wildman–Crippen MR) is 126 cm³/mol. The van der Waals surface area contributed by atoms with Gasteiger partial charge in [0.25, 0.3) is 0 Å². The van der Waals surface area contributed by atoms with E-state index in [4.69, 9.17) is 0 Å². The van der Waals surface area contributed by atoms with Gasteiger partial charge >= 0.3 is 0 Å². The lowest BCUT2D eigenvalue weighted by atomic mass is 10.1. The summed E-state index contributed by atoms with van der Waals surface area (Å²) in [4.78, 5) is 0. The van der Waals surface area contributed by atoms with Crippen LogP contribution < -0.4 is 10.4 Å². The minimum absolute atomic E-state index is 0.616. The zero-order valence-electron chi connectivity index (χ0n) is 17.0. The van der Waals surface area contributed by atoms with E-state index >= 15 is 0 Å². The van der Waals surface area contributed by atoms with Gasteiger partial charge in [0.15, 0.2) is 8.07 Å². The van der Waals surface area contributed by atoms with E-state index in [1.807, 2.05) is 48.5 Å². The lowest BCUT2D eigenvalue weighted by Crippen LogP contribution is -2.71. The molecule has 2 heteroatoms. The van der Waals surface area contributed by atoms with Crippen molar-refractivity contribution < 1.29 is 5.11 Å². The molecule has 0 aromatic heterocycles. The smallest absolute Gasteiger partial charge is 0.164 e. The van der Waals surface area contributed by atoms with Gasteiger partial charge in [-0.25, -0.2) is 0 Å². The number of rotatable bonds is 7. The molecule has 3 aromatic carbocycles. The van der Waals surface area contributed by atoms with Crippen molar-refractivity contribution in [1.82, 2.24) is 0 Å². The van der Waals surface area contributed by atoms with Crippen LogP contribution in [0.4, 0.5) is 0 Å². The summed E-state index contributed by atoms with van der Waals surface area (Å²) < 4.78 is 0. The minimum Gasteiger partial charge on any atom is -0.380 e. The van der Waals surface area contributed by atoms with Crippen molar-refractivity contribution in [3.8, 4) is 11.8 Å². The quantitative estimate of drug-likeness (QED) is 0.269. The molecule has 29 heavy (non-hydrogen) atoms. The number of benzene rings is 3. The van der Waals surface area contributed by atoms with Crippen LogP contribution in [0.15, 0.2) is 104 Å². The van der Waals surface area contributed by atoms with E-state index in [2.05, 4.69) is 73.5 Å². The van der Waals surface area contributed by atoms with Crippen molar-refractivity contribution in [3.05, 3.63) is 109 Å². The Bertz CT molecular complexity index is 931. The molecule has 0 aliphatic rings. The molecule has 1 nitrogen and oxygen atoms in total. The monoisotopic (exact) mass is 396 g/mol. The first kappa shape index (κ1) is 20.9. The molecule has 0 aliphatic carbocycles. The summed E-state index contributed by atoms with van der Waals surface area (Å²) in [5, 5.41) is 13.5. The Labute approximate surface area is 175 Å². The zero-order chi connectivity index (χ0) is 20.6. The average molecular weight is 397 g/mol. The van der Waals surface area contributed by atoms with Crippen molar-refractivity contribution in [3.63, 3.8) is 0 Å². The highest BCUT2D eigenvalue weighted by Crippen LogP contribution is 2.27. The minimum atomic E-state index is -2.61. The largest absolute Gasteiger partial charge is 0.380 e. The van der Waals surface area contributed by atoms with Gasteiger partial charge in [0.2, 0.25) is 0 Å². The molecule has 0 fully saturated rings. The fourth-order valence-electron chi connectivity index (χ4n) is 3.82. The number of hydrogen-bond acceptors (Lipinski definition) is 1. The van der Waals surface area contributed by atoms with Gasteiger partial charge in [-0.1, -0.05) is 114 Å².